The summed E-state index contributed by atoms with van der Waals surface area (Å²) in [5.74, 6) is -2.47. The maximum atomic E-state index is 13.9. The average molecular weight is 517 g/mol. The Hall–Kier alpha value is -4.65. The number of hydrogen-bond acceptors (Lipinski definition) is 6. The van der Waals surface area contributed by atoms with Crippen LogP contribution in [0.1, 0.15) is 48.4 Å². The molecule has 38 heavy (non-hydrogen) atoms. The highest BCUT2D eigenvalue weighted by Gasteiger charge is 2.34. The Morgan fingerprint density at radius 3 is 2.63 bits per heavy atom. The standard InChI is InChI=1S/C28H22F2N4O4/c1-16(13-31)26-21-7-5-17(11-19(21)15-38-24-12-20(29)6-8-22(24)26)14-33(28(35)18-3-2-4-18)23-9-10-25(30)32-27(23)34(36)37/h5-12,18H,2-4,14-15H2,1H3/b26-16+. The molecule has 2 aliphatic rings. The highest BCUT2D eigenvalue weighted by molar-refractivity contribution is 5.97. The SMILES string of the molecule is C/C(C#N)=C1/c2ccc(CN(C(=O)C3CCC3)c3ccc(F)nc3[N+](=O)[O-])cc2COc2cc(F)ccc21. The molecule has 0 saturated heterocycles. The minimum absolute atomic E-state index is 0.0192. The van der Waals surface area contributed by atoms with Crippen LogP contribution < -0.4 is 9.64 Å². The topological polar surface area (TPSA) is 109 Å². The van der Waals surface area contributed by atoms with Gasteiger partial charge in [-0.2, -0.15) is 9.65 Å². The summed E-state index contributed by atoms with van der Waals surface area (Å²) >= 11 is 0. The van der Waals surface area contributed by atoms with E-state index in [0.29, 0.717) is 46.4 Å². The van der Waals surface area contributed by atoms with Gasteiger partial charge < -0.3 is 19.8 Å². The van der Waals surface area contributed by atoms with Crippen molar-refractivity contribution in [3.05, 3.63) is 98.2 Å². The Bertz CT molecular complexity index is 1540. The lowest BCUT2D eigenvalue weighted by molar-refractivity contribution is -0.389. The molecular weight excluding hydrogens is 494 g/mol. The van der Waals surface area contributed by atoms with Crippen LogP contribution in [0.3, 0.4) is 0 Å². The Labute approximate surface area is 216 Å². The lowest BCUT2D eigenvalue weighted by atomic mass is 9.84. The summed E-state index contributed by atoms with van der Waals surface area (Å²) in [6.07, 6.45) is 2.23. The summed E-state index contributed by atoms with van der Waals surface area (Å²) in [5.41, 5.74) is 3.62. The third kappa shape index (κ3) is 4.59. The third-order valence-electron chi connectivity index (χ3n) is 6.92. The largest absolute Gasteiger partial charge is 0.488 e. The van der Waals surface area contributed by atoms with Gasteiger partial charge in [-0.05, 0) is 70.6 Å². The fourth-order valence-corrected chi connectivity index (χ4v) is 4.79. The van der Waals surface area contributed by atoms with Gasteiger partial charge in [0.15, 0.2) is 0 Å². The number of nitriles is 1. The number of aromatic nitrogens is 1. The molecule has 1 aromatic heterocycles. The molecule has 3 aromatic rings. The number of rotatable bonds is 5. The van der Waals surface area contributed by atoms with Crippen LogP contribution in [0.2, 0.25) is 0 Å². The number of amides is 1. The predicted octanol–water partition coefficient (Wildman–Crippen LogP) is 5.84. The zero-order valence-electron chi connectivity index (χ0n) is 20.4. The molecule has 0 radical (unpaired) electrons. The number of nitrogens with zero attached hydrogens (tertiary/aromatic N) is 4. The molecule has 1 fully saturated rings. The number of benzene rings is 2. The Morgan fingerprint density at radius 1 is 1.18 bits per heavy atom. The van der Waals surface area contributed by atoms with Gasteiger partial charge in [0, 0.05) is 34.8 Å². The molecule has 1 aliphatic carbocycles. The molecule has 0 unspecified atom stereocenters. The number of pyridine rings is 1. The number of halogens is 2. The van der Waals surface area contributed by atoms with Crippen LogP contribution in [0.4, 0.5) is 20.3 Å². The fourth-order valence-electron chi connectivity index (χ4n) is 4.79. The van der Waals surface area contributed by atoms with Crippen LogP contribution >= 0.6 is 0 Å². The first-order valence-corrected chi connectivity index (χ1v) is 12.0. The fraction of sp³-hybridized carbons (Fsp3) is 0.250. The first kappa shape index (κ1) is 25.0. The smallest absolute Gasteiger partial charge is 0.390 e. The second-order valence-electron chi connectivity index (χ2n) is 9.32. The number of fused-ring (bicyclic) bond motifs is 2. The number of ether oxygens (including phenoxy) is 1. The van der Waals surface area contributed by atoms with Gasteiger partial charge in [0.25, 0.3) is 0 Å². The Balaban J connectivity index is 1.57. The molecule has 0 bridgehead atoms. The molecule has 192 valence electrons. The summed E-state index contributed by atoms with van der Waals surface area (Å²) in [5, 5.41) is 21.3. The van der Waals surface area contributed by atoms with E-state index in [9.17, 15) is 29.0 Å². The monoisotopic (exact) mass is 516 g/mol. The number of carbonyl (C=O) groups is 1. The highest BCUT2D eigenvalue weighted by atomic mass is 19.1. The predicted molar refractivity (Wildman–Crippen MR) is 134 cm³/mol. The second-order valence-corrected chi connectivity index (χ2v) is 9.32. The van der Waals surface area contributed by atoms with Crippen molar-refractivity contribution in [3.8, 4) is 11.8 Å². The van der Waals surface area contributed by atoms with Crippen molar-refractivity contribution in [1.82, 2.24) is 4.98 Å². The second kappa shape index (κ2) is 10.0. The zero-order chi connectivity index (χ0) is 27.0. The number of nitro groups is 1. The van der Waals surface area contributed by atoms with Crippen molar-refractivity contribution in [2.45, 2.75) is 39.3 Å². The average Bonchev–Trinajstić information content (AvgIpc) is 3.02. The maximum absolute atomic E-state index is 13.9. The van der Waals surface area contributed by atoms with E-state index in [-0.39, 0.29) is 30.7 Å². The normalized spacial score (nSPS) is 15.6. The Morgan fingerprint density at radius 2 is 1.95 bits per heavy atom. The molecule has 5 rings (SSSR count). The van der Waals surface area contributed by atoms with Crippen molar-refractivity contribution in [2.24, 2.45) is 5.92 Å². The van der Waals surface area contributed by atoms with Gasteiger partial charge in [-0.3, -0.25) is 4.79 Å². The minimum Gasteiger partial charge on any atom is -0.488 e. The van der Waals surface area contributed by atoms with Crippen molar-refractivity contribution >= 4 is 23.0 Å². The lowest BCUT2D eigenvalue weighted by Crippen LogP contribution is -2.39. The van der Waals surface area contributed by atoms with E-state index in [0.717, 1.165) is 18.1 Å². The van der Waals surface area contributed by atoms with E-state index in [2.05, 4.69) is 11.1 Å². The van der Waals surface area contributed by atoms with Gasteiger partial charge in [0.1, 0.15) is 23.9 Å². The van der Waals surface area contributed by atoms with Crippen molar-refractivity contribution < 1.29 is 23.2 Å². The van der Waals surface area contributed by atoms with E-state index in [1.807, 2.05) is 0 Å². The van der Waals surface area contributed by atoms with Crippen molar-refractivity contribution in [3.63, 3.8) is 0 Å². The van der Waals surface area contributed by atoms with Gasteiger partial charge in [-0.1, -0.05) is 18.6 Å². The van der Waals surface area contributed by atoms with Gasteiger partial charge in [-0.15, -0.1) is 0 Å². The molecular formula is C28H22F2N4O4. The first-order chi connectivity index (χ1) is 18.3. The molecule has 2 heterocycles. The van der Waals surface area contributed by atoms with Gasteiger partial charge in [0.2, 0.25) is 5.91 Å². The van der Waals surface area contributed by atoms with Crippen LogP contribution in [-0.4, -0.2) is 15.8 Å². The van der Waals surface area contributed by atoms with E-state index in [1.54, 1.807) is 31.2 Å². The minimum atomic E-state index is -1.01. The van der Waals surface area contributed by atoms with Crippen molar-refractivity contribution in [1.29, 1.82) is 5.26 Å². The number of anilines is 1. The summed E-state index contributed by atoms with van der Waals surface area (Å²) in [6.45, 7) is 1.73. The van der Waals surface area contributed by atoms with Crippen LogP contribution in [0.15, 0.2) is 54.1 Å². The summed E-state index contributed by atoms with van der Waals surface area (Å²) in [7, 11) is 0. The Kier molecular flexibility index (Phi) is 6.59. The summed E-state index contributed by atoms with van der Waals surface area (Å²) < 4.78 is 33.6. The van der Waals surface area contributed by atoms with E-state index < -0.39 is 22.5 Å². The van der Waals surface area contributed by atoms with Crippen LogP contribution in [0.25, 0.3) is 5.57 Å². The van der Waals surface area contributed by atoms with Crippen LogP contribution in [-0.2, 0) is 17.9 Å². The van der Waals surface area contributed by atoms with Crippen molar-refractivity contribution in [2.75, 3.05) is 4.90 Å². The zero-order valence-corrected chi connectivity index (χ0v) is 20.4. The molecule has 10 heteroatoms. The molecule has 0 N–H and O–H groups in total. The summed E-state index contributed by atoms with van der Waals surface area (Å²) in [6, 6.07) is 13.9. The third-order valence-corrected chi connectivity index (χ3v) is 6.92. The number of allylic oxidation sites excluding steroid dienone is 1. The number of hydrogen-bond donors (Lipinski definition) is 0. The first-order valence-electron chi connectivity index (χ1n) is 12.0. The molecule has 1 amide bonds. The van der Waals surface area contributed by atoms with E-state index >= 15 is 0 Å². The lowest BCUT2D eigenvalue weighted by Gasteiger charge is -2.31. The quantitative estimate of drug-likeness (QED) is 0.182. The van der Waals surface area contributed by atoms with Gasteiger partial charge in [-0.25, -0.2) is 4.39 Å². The van der Waals surface area contributed by atoms with Gasteiger partial charge >= 0.3 is 11.8 Å². The molecule has 1 saturated carbocycles. The van der Waals surface area contributed by atoms with Crippen LogP contribution in [0.5, 0.6) is 5.75 Å². The maximum Gasteiger partial charge on any atom is 0.390 e. The molecule has 2 aromatic carbocycles. The number of carbonyl (C=O) groups excluding carboxylic acids is 1. The van der Waals surface area contributed by atoms with E-state index in [4.69, 9.17) is 4.74 Å². The molecule has 0 atom stereocenters. The molecule has 1 aliphatic heterocycles. The highest BCUT2D eigenvalue weighted by Crippen LogP contribution is 2.40. The van der Waals surface area contributed by atoms with Gasteiger partial charge in [0.05, 0.1) is 12.6 Å². The molecule has 0 spiro atoms. The molecule has 8 nitrogen and oxygen atoms in total. The van der Waals surface area contributed by atoms with E-state index in [1.165, 1.54) is 23.1 Å². The van der Waals surface area contributed by atoms with Crippen LogP contribution in [0, 0.1) is 39.1 Å². The summed E-state index contributed by atoms with van der Waals surface area (Å²) in [4.78, 5) is 28.9.